The number of amides is 2. The molecule has 1 aliphatic rings. The summed E-state index contributed by atoms with van der Waals surface area (Å²) in [4.78, 5) is 43.8. The van der Waals surface area contributed by atoms with Gasteiger partial charge in [0.25, 0.3) is 0 Å². The summed E-state index contributed by atoms with van der Waals surface area (Å²) in [7, 11) is 0.0629. The molecule has 268 valence electrons. The van der Waals surface area contributed by atoms with E-state index in [4.69, 9.17) is 18.9 Å². The van der Waals surface area contributed by atoms with Crippen LogP contribution in [0.4, 0.5) is 9.18 Å². The molecule has 3 aromatic rings. The summed E-state index contributed by atoms with van der Waals surface area (Å²) in [5, 5.41) is 6.23. The number of rotatable bonds is 13. The molecule has 0 radical (unpaired) electrons. The zero-order chi connectivity index (χ0) is 36.0. The van der Waals surface area contributed by atoms with E-state index in [9.17, 15) is 14.4 Å². The highest BCUT2D eigenvalue weighted by Crippen LogP contribution is 2.34. The maximum Gasteiger partial charge on any atom is 0.408 e. The molecule has 13 heteroatoms. The number of ether oxygens (including phenoxy) is 4. The Hall–Kier alpha value is -3.97. The molecule has 2 heterocycles. The number of alkyl carbamates (subject to hydrolysis) is 1. The van der Waals surface area contributed by atoms with Gasteiger partial charge in [0.2, 0.25) is 5.91 Å². The van der Waals surface area contributed by atoms with E-state index in [2.05, 4.69) is 35.3 Å². The predicted molar refractivity (Wildman–Crippen MR) is 188 cm³/mol. The summed E-state index contributed by atoms with van der Waals surface area (Å²) < 4.78 is 40.0. The smallest absolute Gasteiger partial charge is 0.408 e. The second-order valence-electron chi connectivity index (χ2n) is 15.0. The molecular formula is C36H51FN4O7Si. The average molecular weight is 699 g/mol. The zero-order valence-corrected chi connectivity index (χ0v) is 31.0. The molecule has 1 atom stereocenters. The summed E-state index contributed by atoms with van der Waals surface area (Å²) in [5.74, 6) is -1.34. The fourth-order valence-corrected chi connectivity index (χ4v) is 6.68. The van der Waals surface area contributed by atoms with Crippen LogP contribution in [-0.2, 0) is 37.0 Å². The van der Waals surface area contributed by atoms with Gasteiger partial charge in [0, 0.05) is 33.5 Å². The molecular weight excluding hydrogens is 648 g/mol. The molecule has 4 rings (SSSR count). The van der Waals surface area contributed by atoms with Crippen LogP contribution in [0.15, 0.2) is 36.7 Å². The fourth-order valence-electron chi connectivity index (χ4n) is 5.93. The molecule has 11 nitrogen and oxygen atoms in total. The highest BCUT2D eigenvalue weighted by Gasteiger charge is 2.43. The van der Waals surface area contributed by atoms with Gasteiger partial charge in [0.05, 0.1) is 12.5 Å². The number of hydrogen-bond acceptors (Lipinski definition) is 8. The van der Waals surface area contributed by atoms with Crippen LogP contribution in [0.1, 0.15) is 64.0 Å². The van der Waals surface area contributed by atoms with Crippen molar-refractivity contribution in [3.8, 4) is 11.5 Å². The summed E-state index contributed by atoms with van der Waals surface area (Å²) >= 11 is 0. The molecule has 1 saturated carbocycles. The van der Waals surface area contributed by atoms with Gasteiger partial charge in [-0.3, -0.25) is 4.79 Å². The number of carbonyl (C=O) groups excluding carboxylic acids is 3. The topological polar surface area (TPSA) is 130 Å². The van der Waals surface area contributed by atoms with Crippen molar-refractivity contribution in [3.05, 3.63) is 53.6 Å². The first-order valence-corrected chi connectivity index (χ1v) is 20.6. The molecule has 0 spiro atoms. The van der Waals surface area contributed by atoms with Crippen molar-refractivity contribution in [1.29, 1.82) is 0 Å². The largest absolute Gasteiger partial charge is 0.467 e. The number of methoxy groups -OCH3 is 1. The summed E-state index contributed by atoms with van der Waals surface area (Å²) in [6.07, 6.45) is 5.93. The molecule has 0 bridgehead atoms. The normalized spacial score (nSPS) is 15.4. The summed E-state index contributed by atoms with van der Waals surface area (Å²) in [6, 6.07) is 5.97. The van der Waals surface area contributed by atoms with Gasteiger partial charge in [-0.15, -0.1) is 0 Å². The fraction of sp³-hybridized carbons (Fsp3) is 0.556. The zero-order valence-electron chi connectivity index (χ0n) is 30.0. The van der Waals surface area contributed by atoms with Crippen molar-refractivity contribution < 1.29 is 37.7 Å². The lowest BCUT2D eigenvalue weighted by Gasteiger charge is -2.36. The lowest BCUT2D eigenvalue weighted by molar-refractivity contribution is -0.152. The molecule has 2 N–H and O–H groups in total. The van der Waals surface area contributed by atoms with Crippen molar-refractivity contribution in [1.82, 2.24) is 20.2 Å². The third-order valence-corrected chi connectivity index (χ3v) is 10.1. The van der Waals surface area contributed by atoms with Crippen molar-refractivity contribution in [2.24, 2.45) is 0 Å². The van der Waals surface area contributed by atoms with Gasteiger partial charge in [-0.25, -0.2) is 19.0 Å². The Bertz CT molecular complexity index is 1640. The average Bonchev–Trinajstić information content (AvgIpc) is 3.34. The number of esters is 1. The van der Waals surface area contributed by atoms with Gasteiger partial charge in [0.15, 0.2) is 11.6 Å². The molecule has 2 aromatic heterocycles. The molecule has 1 aromatic carbocycles. The Morgan fingerprint density at radius 3 is 2.43 bits per heavy atom. The van der Waals surface area contributed by atoms with Crippen molar-refractivity contribution in [2.75, 3.05) is 13.7 Å². The minimum Gasteiger partial charge on any atom is -0.467 e. The number of nitrogens with zero attached hydrogens (tertiary/aromatic N) is 2. The molecule has 0 aliphatic heterocycles. The first-order chi connectivity index (χ1) is 23.0. The SMILES string of the molecule is COC(=O)C1(NC(=O)[C@H](Cc2ccc(Oc3ccnc4c3c(C)cn4COCC[Si](C)(C)C)c(F)c2)NC(=O)OC(C)(C)C)CCCCC1. The van der Waals surface area contributed by atoms with Crippen LogP contribution >= 0.6 is 0 Å². The van der Waals surface area contributed by atoms with E-state index < -0.39 is 49.0 Å². The number of benzene rings is 1. The quantitative estimate of drug-likeness (QED) is 0.111. The number of aromatic nitrogens is 2. The number of nitrogens with one attached hydrogen (secondary N) is 2. The van der Waals surface area contributed by atoms with Crippen LogP contribution in [-0.4, -0.2) is 66.5 Å². The van der Waals surface area contributed by atoms with Gasteiger partial charge in [-0.1, -0.05) is 45.0 Å². The van der Waals surface area contributed by atoms with Crippen molar-refractivity contribution in [3.63, 3.8) is 0 Å². The number of hydrogen-bond donors (Lipinski definition) is 2. The minimum absolute atomic E-state index is 0.0114. The second kappa shape index (κ2) is 15.7. The molecule has 49 heavy (non-hydrogen) atoms. The highest BCUT2D eigenvalue weighted by atomic mass is 28.3. The molecule has 0 unspecified atom stereocenters. The van der Waals surface area contributed by atoms with Gasteiger partial charge >= 0.3 is 12.1 Å². The van der Waals surface area contributed by atoms with Crippen LogP contribution in [0, 0.1) is 12.7 Å². The second-order valence-corrected chi connectivity index (χ2v) is 20.7. The van der Waals surface area contributed by atoms with Crippen molar-refractivity contribution >= 4 is 37.1 Å². The molecule has 0 saturated heterocycles. The van der Waals surface area contributed by atoms with Crippen LogP contribution in [0.2, 0.25) is 25.7 Å². The number of fused-ring (bicyclic) bond motifs is 1. The van der Waals surface area contributed by atoms with Crippen LogP contribution in [0.3, 0.4) is 0 Å². The van der Waals surface area contributed by atoms with E-state index in [0.717, 1.165) is 36.3 Å². The van der Waals surface area contributed by atoms with Crippen LogP contribution < -0.4 is 15.4 Å². The Kier molecular flexibility index (Phi) is 12.1. The standard InChI is InChI=1S/C36H51FN4O7Si/c1-24-22-41(23-46-18-19-49(6,7)8)31-30(24)29(14-17-38-31)47-28-13-12-25(20-26(28)37)21-27(39-34(44)48-35(2,3)4)32(42)40-36(33(43)45-5)15-10-9-11-16-36/h12-14,17,20,22,27H,9-11,15-16,18-19,21,23H2,1-8H3,(H,39,44)(H,40,42)/t27-/m0/s1. The first kappa shape index (κ1) is 37.8. The Labute approximate surface area is 289 Å². The van der Waals surface area contributed by atoms with E-state index in [1.54, 1.807) is 39.1 Å². The molecule has 1 fully saturated rings. The molecule has 2 amide bonds. The van der Waals surface area contributed by atoms with Gasteiger partial charge in [-0.2, -0.15) is 0 Å². The highest BCUT2D eigenvalue weighted by molar-refractivity contribution is 6.76. The summed E-state index contributed by atoms with van der Waals surface area (Å²) in [5.41, 5.74) is -0.00734. The monoisotopic (exact) mass is 698 g/mol. The summed E-state index contributed by atoms with van der Waals surface area (Å²) in [6.45, 7) is 15.0. The predicted octanol–water partition coefficient (Wildman–Crippen LogP) is 7.02. The third-order valence-electron chi connectivity index (χ3n) is 8.44. The number of pyridine rings is 1. The maximum atomic E-state index is 15.6. The third kappa shape index (κ3) is 10.3. The lowest BCUT2D eigenvalue weighted by atomic mass is 9.81. The van der Waals surface area contributed by atoms with Gasteiger partial charge < -0.3 is 34.1 Å². The molecule has 1 aliphatic carbocycles. The Balaban J connectivity index is 1.53. The number of aryl methyl sites for hydroxylation is 1. The van der Waals surface area contributed by atoms with E-state index >= 15 is 4.39 Å². The van der Waals surface area contributed by atoms with E-state index in [0.29, 0.717) is 43.1 Å². The number of halogens is 1. The first-order valence-electron chi connectivity index (χ1n) is 16.9. The van der Waals surface area contributed by atoms with Crippen LogP contribution in [0.25, 0.3) is 11.0 Å². The maximum absolute atomic E-state index is 15.6. The minimum atomic E-state index is -1.22. The van der Waals surface area contributed by atoms with Gasteiger partial charge in [-0.05, 0) is 75.9 Å². The Morgan fingerprint density at radius 2 is 1.80 bits per heavy atom. The van der Waals surface area contributed by atoms with Crippen molar-refractivity contribution in [2.45, 2.75) is 116 Å². The lowest BCUT2D eigenvalue weighted by Crippen LogP contribution is -2.61. The van der Waals surface area contributed by atoms with Gasteiger partial charge in [0.1, 0.15) is 35.3 Å². The number of carbonyl (C=O) groups is 3. The Morgan fingerprint density at radius 1 is 1.08 bits per heavy atom. The van der Waals surface area contributed by atoms with E-state index in [1.165, 1.54) is 19.2 Å². The van der Waals surface area contributed by atoms with E-state index in [-0.39, 0.29) is 12.2 Å². The van der Waals surface area contributed by atoms with Crippen LogP contribution in [0.5, 0.6) is 11.5 Å². The van der Waals surface area contributed by atoms with E-state index in [1.807, 2.05) is 17.7 Å².